The lowest BCUT2D eigenvalue weighted by Gasteiger charge is -2.24. The van der Waals surface area contributed by atoms with E-state index in [1.54, 1.807) is 7.11 Å². The molecule has 21 heavy (non-hydrogen) atoms. The summed E-state index contributed by atoms with van der Waals surface area (Å²) in [5.41, 5.74) is 0.833. The number of carbonyl (C=O) groups excluding carboxylic acids is 1. The van der Waals surface area contributed by atoms with Crippen LogP contribution in [-0.4, -0.2) is 46.0 Å². The quantitative estimate of drug-likeness (QED) is 0.790. The number of aromatic nitrogens is 3. The molecule has 0 aromatic carbocycles. The van der Waals surface area contributed by atoms with E-state index in [0.29, 0.717) is 12.5 Å². The van der Waals surface area contributed by atoms with Crippen LogP contribution in [0.2, 0.25) is 0 Å². The first-order valence-electron chi connectivity index (χ1n) is 7.61. The first-order valence-corrected chi connectivity index (χ1v) is 7.61. The molecule has 1 amide bonds. The van der Waals surface area contributed by atoms with Crippen LogP contribution in [0.4, 0.5) is 0 Å². The fourth-order valence-corrected chi connectivity index (χ4v) is 3.14. The van der Waals surface area contributed by atoms with E-state index in [1.807, 2.05) is 15.8 Å². The number of hydrogen-bond donors (Lipinski definition) is 0. The molecule has 114 valence electrons. The minimum atomic E-state index is 0.175. The summed E-state index contributed by atoms with van der Waals surface area (Å²) in [6.45, 7) is 2.04. The van der Waals surface area contributed by atoms with E-state index >= 15 is 0 Å². The molecule has 0 bridgehead atoms. The van der Waals surface area contributed by atoms with Crippen LogP contribution in [0.25, 0.3) is 0 Å². The number of allylic oxidation sites excluding steroid dienone is 2. The molecule has 6 nitrogen and oxygen atoms in total. The molecule has 1 aliphatic heterocycles. The Hall–Kier alpha value is -1.69. The fourth-order valence-electron chi connectivity index (χ4n) is 3.14. The highest BCUT2D eigenvalue weighted by Crippen LogP contribution is 2.26. The monoisotopic (exact) mass is 290 g/mol. The molecule has 3 rings (SSSR count). The molecule has 1 aliphatic carbocycles. The first kappa shape index (κ1) is 14.3. The highest BCUT2D eigenvalue weighted by atomic mass is 16.5. The van der Waals surface area contributed by atoms with Gasteiger partial charge in [0.1, 0.15) is 5.69 Å². The van der Waals surface area contributed by atoms with Gasteiger partial charge >= 0.3 is 0 Å². The zero-order chi connectivity index (χ0) is 14.7. The van der Waals surface area contributed by atoms with Crippen molar-refractivity contribution in [1.29, 1.82) is 0 Å². The summed E-state index contributed by atoms with van der Waals surface area (Å²) < 4.78 is 6.93. The number of likely N-dealkylation sites (tertiary alicyclic amines) is 1. The summed E-state index contributed by atoms with van der Waals surface area (Å²) in [6.07, 6.45) is 10.1. The third-order valence-electron chi connectivity index (χ3n) is 4.32. The Labute approximate surface area is 124 Å². The fraction of sp³-hybridized carbons (Fsp3) is 0.667. The van der Waals surface area contributed by atoms with Gasteiger partial charge in [0, 0.05) is 26.1 Å². The van der Waals surface area contributed by atoms with Crippen molar-refractivity contribution in [1.82, 2.24) is 19.9 Å². The summed E-state index contributed by atoms with van der Waals surface area (Å²) in [4.78, 5) is 14.5. The van der Waals surface area contributed by atoms with E-state index in [-0.39, 0.29) is 12.0 Å². The third kappa shape index (κ3) is 3.15. The van der Waals surface area contributed by atoms with Gasteiger partial charge in [-0.1, -0.05) is 17.4 Å². The van der Waals surface area contributed by atoms with Gasteiger partial charge in [0.2, 0.25) is 5.91 Å². The van der Waals surface area contributed by atoms with Gasteiger partial charge < -0.3 is 9.64 Å². The second-order valence-electron chi connectivity index (χ2n) is 5.83. The van der Waals surface area contributed by atoms with Crippen molar-refractivity contribution < 1.29 is 9.53 Å². The van der Waals surface area contributed by atoms with Gasteiger partial charge in [-0.3, -0.25) is 4.79 Å². The number of amides is 1. The topological polar surface area (TPSA) is 60.2 Å². The Kier molecular flexibility index (Phi) is 4.34. The SMILES string of the molecule is COCc1cn([C@H]2CCN(C(=O)[C@H]3CC=CCC3)C2)nn1. The minimum Gasteiger partial charge on any atom is -0.378 e. The molecule has 1 aromatic rings. The number of ether oxygens (including phenoxy) is 1. The predicted molar refractivity (Wildman–Crippen MR) is 77.5 cm³/mol. The lowest BCUT2D eigenvalue weighted by molar-refractivity contribution is -0.134. The second-order valence-corrected chi connectivity index (χ2v) is 5.83. The molecule has 2 aliphatic rings. The van der Waals surface area contributed by atoms with E-state index in [2.05, 4.69) is 22.5 Å². The van der Waals surface area contributed by atoms with Crippen LogP contribution in [0.3, 0.4) is 0 Å². The molecule has 0 saturated carbocycles. The van der Waals surface area contributed by atoms with Crippen molar-refractivity contribution in [3.05, 3.63) is 24.0 Å². The van der Waals surface area contributed by atoms with Crippen LogP contribution >= 0.6 is 0 Å². The summed E-state index contributed by atoms with van der Waals surface area (Å²) >= 11 is 0. The predicted octanol–water partition coefficient (Wildman–Crippen LogP) is 1.55. The Morgan fingerprint density at radius 2 is 2.33 bits per heavy atom. The molecule has 1 saturated heterocycles. The first-order chi connectivity index (χ1) is 10.3. The van der Waals surface area contributed by atoms with E-state index in [4.69, 9.17) is 4.74 Å². The molecular formula is C15H22N4O2. The third-order valence-corrected chi connectivity index (χ3v) is 4.32. The van der Waals surface area contributed by atoms with Gasteiger partial charge in [0.15, 0.2) is 0 Å². The van der Waals surface area contributed by atoms with E-state index in [1.165, 1.54) is 0 Å². The van der Waals surface area contributed by atoms with Crippen LogP contribution < -0.4 is 0 Å². The number of carbonyl (C=O) groups is 1. The Balaban J connectivity index is 1.59. The number of hydrogen-bond acceptors (Lipinski definition) is 4. The van der Waals surface area contributed by atoms with E-state index < -0.39 is 0 Å². The minimum absolute atomic E-state index is 0.175. The Bertz CT molecular complexity index is 525. The summed E-state index contributed by atoms with van der Waals surface area (Å²) in [7, 11) is 1.65. The van der Waals surface area contributed by atoms with Gasteiger partial charge in [-0.05, 0) is 25.7 Å². The summed E-state index contributed by atoms with van der Waals surface area (Å²) in [5, 5.41) is 8.25. The molecule has 0 radical (unpaired) electrons. The molecule has 0 unspecified atom stereocenters. The van der Waals surface area contributed by atoms with Crippen LogP contribution in [0, 0.1) is 5.92 Å². The maximum Gasteiger partial charge on any atom is 0.226 e. The molecule has 2 atom stereocenters. The normalized spacial score (nSPS) is 25.5. The molecule has 0 N–H and O–H groups in total. The van der Waals surface area contributed by atoms with Crippen LogP contribution in [0.5, 0.6) is 0 Å². The zero-order valence-corrected chi connectivity index (χ0v) is 12.4. The van der Waals surface area contributed by atoms with Crippen molar-refractivity contribution in [3.8, 4) is 0 Å². The summed E-state index contributed by atoms with van der Waals surface area (Å²) in [5.74, 6) is 0.479. The number of methoxy groups -OCH3 is 1. The van der Waals surface area contributed by atoms with Crippen LogP contribution in [0.1, 0.15) is 37.4 Å². The average molecular weight is 290 g/mol. The zero-order valence-electron chi connectivity index (χ0n) is 12.4. The van der Waals surface area contributed by atoms with E-state index in [9.17, 15) is 4.79 Å². The van der Waals surface area contributed by atoms with Crippen molar-refractivity contribution >= 4 is 5.91 Å². The molecule has 1 fully saturated rings. The Morgan fingerprint density at radius 3 is 3.10 bits per heavy atom. The van der Waals surface area contributed by atoms with Crippen molar-refractivity contribution in [2.24, 2.45) is 5.92 Å². The highest BCUT2D eigenvalue weighted by molar-refractivity contribution is 5.79. The van der Waals surface area contributed by atoms with Gasteiger partial charge in [-0.25, -0.2) is 4.68 Å². The molecule has 0 spiro atoms. The Morgan fingerprint density at radius 1 is 1.43 bits per heavy atom. The lowest BCUT2D eigenvalue weighted by atomic mass is 9.93. The van der Waals surface area contributed by atoms with Crippen molar-refractivity contribution in [2.45, 2.75) is 38.3 Å². The standard InChI is InChI=1S/C15H22N4O2/c1-21-11-13-9-19(17-16-13)14-7-8-18(10-14)15(20)12-5-3-2-4-6-12/h2-3,9,12,14H,4-8,10-11H2,1H3/t12-,14-/m0/s1. The molecular weight excluding hydrogens is 268 g/mol. The number of rotatable bonds is 4. The molecule has 2 heterocycles. The second kappa shape index (κ2) is 6.39. The van der Waals surface area contributed by atoms with Crippen LogP contribution in [-0.2, 0) is 16.1 Å². The lowest BCUT2D eigenvalue weighted by Crippen LogP contribution is -2.35. The van der Waals surface area contributed by atoms with Crippen LogP contribution in [0.15, 0.2) is 18.3 Å². The van der Waals surface area contributed by atoms with E-state index in [0.717, 1.165) is 44.5 Å². The number of nitrogens with zero attached hydrogens (tertiary/aromatic N) is 4. The van der Waals surface area contributed by atoms with Crippen molar-refractivity contribution in [2.75, 3.05) is 20.2 Å². The van der Waals surface area contributed by atoms with Gasteiger partial charge in [0.25, 0.3) is 0 Å². The maximum atomic E-state index is 12.5. The molecule has 1 aromatic heterocycles. The largest absolute Gasteiger partial charge is 0.378 e. The van der Waals surface area contributed by atoms with Gasteiger partial charge in [-0.15, -0.1) is 5.10 Å². The average Bonchev–Trinajstić information content (AvgIpc) is 3.16. The van der Waals surface area contributed by atoms with Gasteiger partial charge in [-0.2, -0.15) is 0 Å². The van der Waals surface area contributed by atoms with Crippen molar-refractivity contribution in [3.63, 3.8) is 0 Å². The van der Waals surface area contributed by atoms with Gasteiger partial charge in [0.05, 0.1) is 18.8 Å². The smallest absolute Gasteiger partial charge is 0.226 e. The highest BCUT2D eigenvalue weighted by Gasteiger charge is 2.31. The maximum absolute atomic E-state index is 12.5. The summed E-state index contributed by atoms with van der Waals surface area (Å²) in [6, 6.07) is 0.242. The molecule has 6 heteroatoms.